The molecule has 0 fully saturated rings. The highest BCUT2D eigenvalue weighted by Gasteiger charge is 2.22. The quantitative estimate of drug-likeness (QED) is 0.511. The van der Waals surface area contributed by atoms with E-state index in [-0.39, 0.29) is 6.04 Å². The summed E-state index contributed by atoms with van der Waals surface area (Å²) in [6.45, 7) is 2.04. The molecule has 0 saturated heterocycles. The Morgan fingerprint density at radius 1 is 1.60 bits per heavy atom. The summed E-state index contributed by atoms with van der Waals surface area (Å²) in [5, 5.41) is 3.93. The van der Waals surface area contributed by atoms with E-state index < -0.39 is 0 Å². The Kier molecular flexibility index (Phi) is 1.09. The van der Waals surface area contributed by atoms with E-state index in [2.05, 4.69) is 21.6 Å². The number of hydrogen-bond donors (Lipinski definition) is 1. The number of hydrazone groups is 1. The van der Waals surface area contributed by atoms with Gasteiger partial charge in [0.1, 0.15) is 6.04 Å². The first-order valence-corrected chi connectivity index (χ1v) is 3.36. The number of hydrogen-bond acceptors (Lipinski definition) is 3. The molecule has 0 aromatic rings. The average molecular weight is 135 g/mol. The van der Waals surface area contributed by atoms with E-state index >= 15 is 0 Å². The molecule has 3 heteroatoms. The topological polar surface area (TPSA) is 36.8 Å². The van der Waals surface area contributed by atoms with Crippen LogP contribution in [0.25, 0.3) is 0 Å². The largest absolute Gasteiger partial charge is 0.301 e. The zero-order valence-corrected chi connectivity index (χ0v) is 5.78. The Morgan fingerprint density at radius 3 is 3.40 bits per heavy atom. The normalized spacial score (nSPS) is 35.1. The van der Waals surface area contributed by atoms with Gasteiger partial charge in [0.25, 0.3) is 0 Å². The SMILES string of the molecule is CC1=CC2NN=CC2N=C1. The molecular formula is C7H9N3. The van der Waals surface area contributed by atoms with E-state index in [0.717, 1.165) is 0 Å². The van der Waals surface area contributed by atoms with E-state index in [1.54, 1.807) is 0 Å². The monoisotopic (exact) mass is 135 g/mol. The van der Waals surface area contributed by atoms with Crippen molar-refractivity contribution in [3.05, 3.63) is 11.6 Å². The number of nitrogens with one attached hydrogen (secondary N) is 1. The van der Waals surface area contributed by atoms with Gasteiger partial charge < -0.3 is 5.43 Å². The average Bonchev–Trinajstić information content (AvgIpc) is 2.33. The van der Waals surface area contributed by atoms with Crippen molar-refractivity contribution in [2.24, 2.45) is 10.1 Å². The fourth-order valence-corrected chi connectivity index (χ4v) is 1.17. The van der Waals surface area contributed by atoms with Crippen LogP contribution in [0.5, 0.6) is 0 Å². The van der Waals surface area contributed by atoms with Gasteiger partial charge in [-0.1, -0.05) is 6.08 Å². The third kappa shape index (κ3) is 0.744. The summed E-state index contributed by atoms with van der Waals surface area (Å²) in [7, 11) is 0. The lowest BCUT2D eigenvalue weighted by molar-refractivity contribution is 0.632. The van der Waals surface area contributed by atoms with Crippen molar-refractivity contribution in [2.45, 2.75) is 19.0 Å². The summed E-state index contributed by atoms with van der Waals surface area (Å²) < 4.78 is 0. The standard InChI is InChI=1S/C7H9N3/c1-5-2-6-7(8-3-5)4-9-10-6/h2-4,6-7,10H,1H3. The van der Waals surface area contributed by atoms with E-state index in [1.165, 1.54) is 5.57 Å². The van der Waals surface area contributed by atoms with E-state index in [4.69, 9.17) is 0 Å². The summed E-state index contributed by atoms with van der Waals surface area (Å²) in [6.07, 6.45) is 5.87. The molecule has 52 valence electrons. The van der Waals surface area contributed by atoms with Crippen LogP contribution in [0, 0.1) is 0 Å². The first-order valence-electron chi connectivity index (χ1n) is 3.36. The van der Waals surface area contributed by atoms with E-state index in [9.17, 15) is 0 Å². The highest BCUT2D eigenvalue weighted by atomic mass is 15.3. The molecule has 0 aromatic heterocycles. The van der Waals surface area contributed by atoms with Gasteiger partial charge >= 0.3 is 0 Å². The van der Waals surface area contributed by atoms with Gasteiger partial charge in [-0.3, -0.25) is 4.99 Å². The predicted molar refractivity (Wildman–Crippen MR) is 41.5 cm³/mol. The first-order chi connectivity index (χ1) is 4.86. The molecule has 0 aliphatic carbocycles. The zero-order chi connectivity index (χ0) is 6.97. The molecule has 2 rings (SSSR count). The highest BCUT2D eigenvalue weighted by Crippen LogP contribution is 2.10. The summed E-state index contributed by atoms with van der Waals surface area (Å²) in [5.41, 5.74) is 4.18. The van der Waals surface area contributed by atoms with Crippen LogP contribution in [0.3, 0.4) is 0 Å². The van der Waals surface area contributed by atoms with E-state index in [0.29, 0.717) is 6.04 Å². The van der Waals surface area contributed by atoms with Gasteiger partial charge in [0.2, 0.25) is 0 Å². The number of dihydropyridines is 1. The van der Waals surface area contributed by atoms with Crippen LogP contribution in [-0.2, 0) is 0 Å². The fourth-order valence-electron chi connectivity index (χ4n) is 1.17. The van der Waals surface area contributed by atoms with Crippen molar-refractivity contribution in [1.29, 1.82) is 0 Å². The lowest BCUT2D eigenvalue weighted by atomic mass is 10.1. The number of aliphatic imine (C=N–C) groups is 1. The Hall–Kier alpha value is -1.12. The molecule has 0 aromatic carbocycles. The molecule has 2 unspecified atom stereocenters. The van der Waals surface area contributed by atoms with Crippen molar-refractivity contribution < 1.29 is 0 Å². The van der Waals surface area contributed by atoms with Gasteiger partial charge in [-0.15, -0.1) is 0 Å². The second-order valence-corrected chi connectivity index (χ2v) is 2.61. The van der Waals surface area contributed by atoms with Crippen molar-refractivity contribution in [1.82, 2.24) is 5.43 Å². The third-order valence-electron chi connectivity index (χ3n) is 1.71. The van der Waals surface area contributed by atoms with Gasteiger partial charge in [-0.25, -0.2) is 0 Å². The minimum Gasteiger partial charge on any atom is -0.301 e. The van der Waals surface area contributed by atoms with Gasteiger partial charge in [0.15, 0.2) is 0 Å². The van der Waals surface area contributed by atoms with Gasteiger partial charge in [0.05, 0.1) is 12.3 Å². The molecule has 0 radical (unpaired) electrons. The molecule has 2 atom stereocenters. The molecule has 0 saturated carbocycles. The molecule has 1 N–H and O–H groups in total. The minimum atomic E-state index is 0.240. The number of nitrogens with zero attached hydrogens (tertiary/aromatic N) is 2. The summed E-state index contributed by atoms with van der Waals surface area (Å²) in [6, 6.07) is 0.550. The predicted octanol–water partition coefficient (Wildman–Crippen LogP) is 0.343. The molecule has 0 amide bonds. The number of allylic oxidation sites excluding steroid dienone is 1. The zero-order valence-electron chi connectivity index (χ0n) is 5.78. The Balaban J connectivity index is 2.25. The van der Waals surface area contributed by atoms with Crippen LogP contribution in [0.2, 0.25) is 0 Å². The maximum Gasteiger partial charge on any atom is 0.112 e. The first kappa shape index (κ1) is 5.65. The molecule has 0 bridgehead atoms. The van der Waals surface area contributed by atoms with Crippen molar-refractivity contribution in [2.75, 3.05) is 0 Å². The molecule has 2 aliphatic heterocycles. The molecule has 10 heavy (non-hydrogen) atoms. The van der Waals surface area contributed by atoms with Crippen molar-refractivity contribution in [3.63, 3.8) is 0 Å². The van der Waals surface area contributed by atoms with Crippen LogP contribution in [-0.4, -0.2) is 24.5 Å². The maximum absolute atomic E-state index is 4.27. The van der Waals surface area contributed by atoms with Crippen LogP contribution >= 0.6 is 0 Å². The van der Waals surface area contributed by atoms with Gasteiger partial charge in [-0.2, -0.15) is 5.10 Å². The lowest BCUT2D eigenvalue weighted by Gasteiger charge is -2.14. The van der Waals surface area contributed by atoms with Crippen molar-refractivity contribution >= 4 is 12.4 Å². The van der Waals surface area contributed by atoms with Crippen LogP contribution in [0.4, 0.5) is 0 Å². The van der Waals surface area contributed by atoms with Crippen LogP contribution in [0.15, 0.2) is 21.7 Å². The Labute approximate surface area is 59.5 Å². The number of rotatable bonds is 0. The fraction of sp³-hybridized carbons (Fsp3) is 0.429. The number of fused-ring (bicyclic) bond motifs is 1. The van der Waals surface area contributed by atoms with Crippen LogP contribution in [0.1, 0.15) is 6.92 Å². The Bertz CT molecular complexity index is 227. The third-order valence-corrected chi connectivity index (χ3v) is 1.71. The summed E-state index contributed by atoms with van der Waals surface area (Å²) >= 11 is 0. The van der Waals surface area contributed by atoms with E-state index in [1.807, 2.05) is 19.4 Å². The maximum atomic E-state index is 4.27. The Morgan fingerprint density at radius 2 is 2.50 bits per heavy atom. The highest BCUT2D eigenvalue weighted by molar-refractivity contribution is 5.83. The van der Waals surface area contributed by atoms with Crippen LogP contribution < -0.4 is 5.43 Å². The molecule has 0 spiro atoms. The smallest absolute Gasteiger partial charge is 0.112 e. The minimum absolute atomic E-state index is 0.240. The molecule has 2 heterocycles. The van der Waals surface area contributed by atoms with Gasteiger partial charge in [-0.05, 0) is 12.5 Å². The molecular weight excluding hydrogens is 126 g/mol. The lowest BCUT2D eigenvalue weighted by Crippen LogP contribution is -2.30. The summed E-state index contributed by atoms with van der Waals surface area (Å²) in [4.78, 5) is 4.27. The second-order valence-electron chi connectivity index (χ2n) is 2.61. The second kappa shape index (κ2) is 1.94. The summed E-state index contributed by atoms with van der Waals surface area (Å²) in [5.74, 6) is 0. The molecule has 3 nitrogen and oxygen atoms in total. The van der Waals surface area contributed by atoms with Crippen molar-refractivity contribution in [3.8, 4) is 0 Å². The molecule has 2 aliphatic rings. The van der Waals surface area contributed by atoms with Gasteiger partial charge in [0, 0.05) is 6.21 Å².